The van der Waals surface area contributed by atoms with Crippen molar-refractivity contribution < 1.29 is 9.53 Å². The monoisotopic (exact) mass is 350 g/mol. The Kier molecular flexibility index (Phi) is 6.79. The predicted molar refractivity (Wildman–Crippen MR) is 110 cm³/mol. The first-order valence-electron chi connectivity index (χ1n) is 9.25. The summed E-state index contributed by atoms with van der Waals surface area (Å²) in [5, 5.41) is 0. The maximum absolute atomic E-state index is 11.4. The number of benzene rings is 1. The number of hydrogen-bond donors (Lipinski definition) is 0. The Bertz CT molecular complexity index is 756. The van der Waals surface area contributed by atoms with Crippen LogP contribution in [0.5, 0.6) is 0 Å². The predicted octanol–water partition coefficient (Wildman–Crippen LogP) is 6.52. The summed E-state index contributed by atoms with van der Waals surface area (Å²) in [6, 6.07) is 7.39. The van der Waals surface area contributed by atoms with E-state index in [9.17, 15) is 4.79 Å². The molecule has 2 nitrogen and oxygen atoms in total. The summed E-state index contributed by atoms with van der Waals surface area (Å²) in [4.78, 5) is 11.4. The van der Waals surface area contributed by atoms with Crippen LogP contribution in [0.1, 0.15) is 62.9 Å². The molecule has 1 aromatic rings. The molecule has 0 aromatic heterocycles. The van der Waals surface area contributed by atoms with Crippen LogP contribution in [0.25, 0.3) is 6.08 Å². The minimum absolute atomic E-state index is 0.274. The van der Waals surface area contributed by atoms with Crippen molar-refractivity contribution in [1.82, 2.24) is 0 Å². The number of rotatable bonds is 5. The van der Waals surface area contributed by atoms with E-state index in [2.05, 4.69) is 45.9 Å². The number of esters is 1. The average Bonchev–Trinajstić information content (AvgIpc) is 2.60. The summed E-state index contributed by atoms with van der Waals surface area (Å²) in [6.07, 6.45) is 14.4. The van der Waals surface area contributed by atoms with E-state index in [4.69, 9.17) is 4.74 Å². The maximum Gasteiger partial charge on any atom is 0.337 e. The molecular formula is C24H30O2. The van der Waals surface area contributed by atoms with Crippen LogP contribution in [0, 0.1) is 5.41 Å². The lowest BCUT2D eigenvalue weighted by molar-refractivity contribution is 0.0600. The van der Waals surface area contributed by atoms with Crippen LogP contribution >= 0.6 is 0 Å². The second-order valence-electron chi connectivity index (χ2n) is 7.65. The number of ether oxygens (including phenoxy) is 1. The van der Waals surface area contributed by atoms with Gasteiger partial charge in [0.25, 0.3) is 0 Å². The molecule has 0 spiro atoms. The summed E-state index contributed by atoms with van der Waals surface area (Å²) in [6.45, 7) is 9.06. The second-order valence-corrected chi connectivity index (χ2v) is 7.65. The van der Waals surface area contributed by atoms with E-state index < -0.39 is 0 Å². The van der Waals surface area contributed by atoms with Gasteiger partial charge >= 0.3 is 5.97 Å². The number of carbonyl (C=O) groups is 1. The van der Waals surface area contributed by atoms with Crippen LogP contribution < -0.4 is 0 Å². The molecule has 0 saturated carbocycles. The molecule has 1 aliphatic rings. The zero-order valence-electron chi connectivity index (χ0n) is 16.6. The Hall–Kier alpha value is -2.35. The molecule has 0 saturated heterocycles. The number of hydrogen-bond acceptors (Lipinski definition) is 2. The molecule has 0 atom stereocenters. The molecule has 0 amide bonds. The van der Waals surface area contributed by atoms with Gasteiger partial charge in [0, 0.05) is 0 Å². The summed E-state index contributed by atoms with van der Waals surface area (Å²) in [5.41, 5.74) is 6.12. The Morgan fingerprint density at radius 1 is 1.15 bits per heavy atom. The molecule has 0 bridgehead atoms. The molecule has 2 heteroatoms. The topological polar surface area (TPSA) is 26.3 Å². The minimum Gasteiger partial charge on any atom is -0.465 e. The molecule has 0 heterocycles. The van der Waals surface area contributed by atoms with Gasteiger partial charge in [-0.1, -0.05) is 67.5 Å². The first-order chi connectivity index (χ1) is 12.3. The van der Waals surface area contributed by atoms with E-state index in [0.717, 1.165) is 5.56 Å². The van der Waals surface area contributed by atoms with Crippen LogP contribution in [-0.2, 0) is 4.74 Å². The van der Waals surface area contributed by atoms with Crippen LogP contribution in [0.2, 0.25) is 0 Å². The van der Waals surface area contributed by atoms with Crippen molar-refractivity contribution in [2.45, 2.75) is 47.0 Å². The summed E-state index contributed by atoms with van der Waals surface area (Å²) < 4.78 is 4.71. The van der Waals surface area contributed by atoms with Crippen molar-refractivity contribution in [3.8, 4) is 0 Å². The van der Waals surface area contributed by atoms with Crippen molar-refractivity contribution in [2.75, 3.05) is 7.11 Å². The van der Waals surface area contributed by atoms with Gasteiger partial charge < -0.3 is 4.74 Å². The Morgan fingerprint density at radius 2 is 1.85 bits per heavy atom. The number of allylic oxidation sites excluding steroid dienone is 7. The van der Waals surface area contributed by atoms with Crippen molar-refractivity contribution in [3.63, 3.8) is 0 Å². The third-order valence-corrected chi connectivity index (χ3v) is 5.03. The van der Waals surface area contributed by atoms with Gasteiger partial charge in [0.2, 0.25) is 0 Å². The van der Waals surface area contributed by atoms with Gasteiger partial charge in [-0.05, 0) is 61.8 Å². The van der Waals surface area contributed by atoms with Crippen LogP contribution in [0.15, 0.2) is 65.3 Å². The quantitative estimate of drug-likeness (QED) is 0.446. The van der Waals surface area contributed by atoms with Crippen molar-refractivity contribution in [2.24, 2.45) is 5.41 Å². The molecule has 0 fully saturated rings. The van der Waals surface area contributed by atoms with Crippen LogP contribution in [0.4, 0.5) is 0 Å². The van der Waals surface area contributed by atoms with Crippen LogP contribution in [0.3, 0.4) is 0 Å². The van der Waals surface area contributed by atoms with Gasteiger partial charge in [0.1, 0.15) is 0 Å². The average molecular weight is 351 g/mol. The van der Waals surface area contributed by atoms with E-state index >= 15 is 0 Å². The first-order valence-corrected chi connectivity index (χ1v) is 9.25. The van der Waals surface area contributed by atoms with Crippen molar-refractivity contribution in [1.29, 1.82) is 0 Å². The fourth-order valence-corrected chi connectivity index (χ4v) is 3.44. The zero-order valence-corrected chi connectivity index (χ0v) is 16.6. The lowest BCUT2D eigenvalue weighted by Gasteiger charge is -2.32. The molecule has 138 valence electrons. The molecule has 0 radical (unpaired) electrons. The number of methoxy groups -OCH3 is 1. The van der Waals surface area contributed by atoms with Gasteiger partial charge in [0.05, 0.1) is 12.7 Å². The SMILES string of the molecule is COC(=O)c1ccc(/C=C/C=C(C)/C=C/C2=C(C)CCCC2(C)C)cc1. The highest BCUT2D eigenvalue weighted by Crippen LogP contribution is 2.40. The van der Waals surface area contributed by atoms with E-state index in [-0.39, 0.29) is 11.4 Å². The molecule has 1 aliphatic carbocycles. The van der Waals surface area contributed by atoms with E-state index in [1.807, 2.05) is 24.3 Å². The van der Waals surface area contributed by atoms with Gasteiger partial charge in [-0.15, -0.1) is 0 Å². The van der Waals surface area contributed by atoms with E-state index in [1.54, 1.807) is 12.1 Å². The maximum atomic E-state index is 11.4. The molecule has 1 aromatic carbocycles. The zero-order chi connectivity index (χ0) is 19.2. The minimum atomic E-state index is -0.309. The molecule has 26 heavy (non-hydrogen) atoms. The lowest BCUT2D eigenvalue weighted by atomic mass is 9.72. The van der Waals surface area contributed by atoms with E-state index in [0.29, 0.717) is 5.56 Å². The van der Waals surface area contributed by atoms with Crippen molar-refractivity contribution in [3.05, 3.63) is 76.4 Å². The van der Waals surface area contributed by atoms with Crippen molar-refractivity contribution >= 4 is 12.0 Å². The Balaban J connectivity index is 2.03. The highest BCUT2D eigenvalue weighted by Gasteiger charge is 2.26. The Morgan fingerprint density at radius 3 is 2.46 bits per heavy atom. The summed E-state index contributed by atoms with van der Waals surface area (Å²) in [5.74, 6) is -0.309. The van der Waals surface area contributed by atoms with Gasteiger partial charge in [-0.25, -0.2) is 4.79 Å². The fraction of sp³-hybridized carbons (Fsp3) is 0.375. The van der Waals surface area contributed by atoms with Gasteiger partial charge in [-0.3, -0.25) is 0 Å². The molecule has 0 aliphatic heterocycles. The fourth-order valence-electron chi connectivity index (χ4n) is 3.44. The summed E-state index contributed by atoms with van der Waals surface area (Å²) in [7, 11) is 1.39. The third-order valence-electron chi connectivity index (χ3n) is 5.03. The first kappa shape index (κ1) is 20.0. The molecule has 0 unspecified atom stereocenters. The van der Waals surface area contributed by atoms with E-state index in [1.165, 1.54) is 43.1 Å². The van der Waals surface area contributed by atoms with Gasteiger partial charge in [-0.2, -0.15) is 0 Å². The highest BCUT2D eigenvalue weighted by atomic mass is 16.5. The van der Waals surface area contributed by atoms with Gasteiger partial charge in [0.15, 0.2) is 0 Å². The highest BCUT2D eigenvalue weighted by molar-refractivity contribution is 5.89. The molecule has 2 rings (SSSR count). The second kappa shape index (κ2) is 8.84. The largest absolute Gasteiger partial charge is 0.465 e. The third kappa shape index (κ3) is 5.32. The normalized spacial score (nSPS) is 18.0. The molecule has 0 N–H and O–H groups in total. The smallest absolute Gasteiger partial charge is 0.337 e. The van der Waals surface area contributed by atoms with Crippen LogP contribution in [-0.4, -0.2) is 13.1 Å². The Labute approximate surface area is 158 Å². The lowest BCUT2D eigenvalue weighted by Crippen LogP contribution is -2.19. The molecular weight excluding hydrogens is 320 g/mol. The standard InChI is InChI=1S/C24H30O2/c1-18(11-16-22-19(2)9-7-17-24(22,3)4)8-6-10-20-12-14-21(15-13-20)23(25)26-5/h6,8,10-16H,7,9,17H2,1-5H3/b10-6+,16-11+,18-8+. The summed E-state index contributed by atoms with van der Waals surface area (Å²) >= 11 is 0. The number of carbonyl (C=O) groups excluding carboxylic acids is 1.